The highest BCUT2D eigenvalue weighted by Gasteiger charge is 2.06. The number of pyridine rings is 1. The van der Waals surface area contributed by atoms with Crippen LogP contribution in [-0.2, 0) is 6.61 Å². The van der Waals surface area contributed by atoms with E-state index in [4.69, 9.17) is 4.74 Å². The number of aromatic nitrogens is 1. The molecule has 0 saturated heterocycles. The van der Waals surface area contributed by atoms with Crippen LogP contribution in [0.5, 0.6) is 5.75 Å². The summed E-state index contributed by atoms with van der Waals surface area (Å²) in [5.41, 5.74) is 2.26. The Morgan fingerprint density at radius 2 is 1.70 bits per heavy atom. The third-order valence-corrected chi connectivity index (χ3v) is 4.26. The maximum atomic E-state index is 12.3. The molecule has 0 aliphatic rings. The predicted octanol–water partition coefficient (Wildman–Crippen LogP) is 5.07. The van der Waals surface area contributed by atoms with Crippen LogP contribution in [0.2, 0.25) is 0 Å². The van der Waals surface area contributed by atoms with Gasteiger partial charge in [-0.1, -0.05) is 42.5 Å². The zero-order chi connectivity index (χ0) is 18.5. The molecule has 1 amide bonds. The van der Waals surface area contributed by atoms with Crippen molar-refractivity contribution in [3.63, 3.8) is 0 Å². The van der Waals surface area contributed by atoms with Crippen molar-refractivity contribution in [2.24, 2.45) is 0 Å². The number of fused-ring (bicyclic) bond motifs is 1. The number of amides is 1. The monoisotopic (exact) mass is 354 g/mol. The van der Waals surface area contributed by atoms with E-state index in [0.29, 0.717) is 17.9 Å². The number of benzene rings is 3. The molecule has 0 aliphatic carbocycles. The molecule has 4 rings (SSSR count). The first kappa shape index (κ1) is 16.8. The number of anilines is 1. The summed E-state index contributed by atoms with van der Waals surface area (Å²) in [5, 5.41) is 5.16. The van der Waals surface area contributed by atoms with Gasteiger partial charge in [0.25, 0.3) is 5.91 Å². The van der Waals surface area contributed by atoms with Crippen molar-refractivity contribution in [3.05, 3.63) is 102 Å². The van der Waals surface area contributed by atoms with Crippen LogP contribution in [0.3, 0.4) is 0 Å². The predicted molar refractivity (Wildman–Crippen MR) is 107 cm³/mol. The number of rotatable bonds is 5. The summed E-state index contributed by atoms with van der Waals surface area (Å²) in [6, 6.07) is 25.2. The van der Waals surface area contributed by atoms with Gasteiger partial charge in [0.05, 0.1) is 11.9 Å². The highest BCUT2D eigenvalue weighted by molar-refractivity contribution is 6.04. The molecule has 4 aromatic rings. The van der Waals surface area contributed by atoms with Gasteiger partial charge >= 0.3 is 0 Å². The summed E-state index contributed by atoms with van der Waals surface area (Å²) in [6.45, 7) is 0.447. The molecule has 0 saturated carbocycles. The number of nitrogens with one attached hydrogen (secondary N) is 1. The molecule has 1 N–H and O–H groups in total. The average Bonchev–Trinajstić information content (AvgIpc) is 2.73. The summed E-state index contributed by atoms with van der Waals surface area (Å²) in [6.07, 6.45) is 3.28. The van der Waals surface area contributed by atoms with Crippen LogP contribution in [0.15, 0.2) is 91.3 Å². The first-order valence-electron chi connectivity index (χ1n) is 8.70. The Hall–Kier alpha value is -3.66. The van der Waals surface area contributed by atoms with E-state index in [1.807, 2.05) is 36.4 Å². The molecule has 1 aromatic heterocycles. The molecule has 0 spiro atoms. The smallest absolute Gasteiger partial charge is 0.255 e. The minimum absolute atomic E-state index is 0.162. The molecule has 0 bridgehead atoms. The van der Waals surface area contributed by atoms with Gasteiger partial charge in [-0.15, -0.1) is 0 Å². The van der Waals surface area contributed by atoms with E-state index in [-0.39, 0.29) is 5.91 Å². The molecule has 0 radical (unpaired) electrons. The third-order valence-electron chi connectivity index (χ3n) is 4.26. The van der Waals surface area contributed by atoms with E-state index in [1.165, 1.54) is 5.39 Å². The van der Waals surface area contributed by atoms with Crippen LogP contribution in [0.1, 0.15) is 15.9 Å². The number of nitrogens with zero attached hydrogens (tertiary/aromatic N) is 1. The molecule has 0 aliphatic heterocycles. The Labute approximate surface area is 157 Å². The second kappa shape index (κ2) is 7.70. The van der Waals surface area contributed by atoms with Crippen molar-refractivity contribution >= 4 is 22.4 Å². The second-order valence-corrected chi connectivity index (χ2v) is 6.19. The number of carbonyl (C=O) groups excluding carboxylic acids is 1. The fourth-order valence-corrected chi connectivity index (χ4v) is 2.82. The Morgan fingerprint density at radius 1 is 0.889 bits per heavy atom. The third kappa shape index (κ3) is 4.12. The van der Waals surface area contributed by atoms with Gasteiger partial charge in [-0.05, 0) is 52.7 Å². The first-order valence-corrected chi connectivity index (χ1v) is 8.70. The number of hydrogen-bond donors (Lipinski definition) is 1. The van der Waals surface area contributed by atoms with Crippen LogP contribution in [0, 0.1) is 0 Å². The van der Waals surface area contributed by atoms with E-state index in [9.17, 15) is 4.79 Å². The summed E-state index contributed by atoms with van der Waals surface area (Å²) in [7, 11) is 0. The summed E-state index contributed by atoms with van der Waals surface area (Å²) in [5.74, 6) is 0.664. The standard InChI is InChI=1S/C23H18N2O2/c26-23(25-21-6-3-13-24-15-21)19-9-7-17(8-10-19)16-27-22-12-11-18-4-1-2-5-20(18)14-22/h1-15H,16H2,(H,25,26). The molecule has 4 heteroatoms. The van der Waals surface area contributed by atoms with E-state index in [1.54, 1.807) is 36.7 Å². The topological polar surface area (TPSA) is 51.2 Å². The van der Waals surface area contributed by atoms with Crippen molar-refractivity contribution in [2.75, 3.05) is 5.32 Å². The Balaban J connectivity index is 1.39. The first-order chi connectivity index (χ1) is 13.3. The molecule has 1 heterocycles. The number of ether oxygens (including phenoxy) is 1. The van der Waals surface area contributed by atoms with Gasteiger partial charge in [0.15, 0.2) is 0 Å². The molecule has 0 fully saturated rings. The van der Waals surface area contributed by atoms with Gasteiger partial charge in [-0.25, -0.2) is 0 Å². The highest BCUT2D eigenvalue weighted by atomic mass is 16.5. The minimum Gasteiger partial charge on any atom is -0.489 e. The maximum Gasteiger partial charge on any atom is 0.255 e. The van der Waals surface area contributed by atoms with E-state index in [0.717, 1.165) is 16.7 Å². The van der Waals surface area contributed by atoms with Crippen molar-refractivity contribution in [2.45, 2.75) is 6.61 Å². The van der Waals surface area contributed by atoms with Crippen LogP contribution < -0.4 is 10.1 Å². The van der Waals surface area contributed by atoms with Gasteiger partial charge in [0.2, 0.25) is 0 Å². The van der Waals surface area contributed by atoms with E-state index >= 15 is 0 Å². The average molecular weight is 354 g/mol. The Bertz CT molecular complexity index is 1060. The summed E-state index contributed by atoms with van der Waals surface area (Å²) >= 11 is 0. The zero-order valence-corrected chi connectivity index (χ0v) is 14.6. The van der Waals surface area contributed by atoms with Gasteiger partial charge in [-0.2, -0.15) is 0 Å². The molecule has 3 aromatic carbocycles. The quantitative estimate of drug-likeness (QED) is 0.545. The van der Waals surface area contributed by atoms with Crippen molar-refractivity contribution in [3.8, 4) is 5.75 Å². The normalized spacial score (nSPS) is 10.5. The highest BCUT2D eigenvalue weighted by Crippen LogP contribution is 2.21. The molecular formula is C23H18N2O2. The fraction of sp³-hybridized carbons (Fsp3) is 0.0435. The lowest BCUT2D eigenvalue weighted by Gasteiger charge is -2.09. The number of hydrogen-bond acceptors (Lipinski definition) is 3. The van der Waals surface area contributed by atoms with Crippen molar-refractivity contribution in [1.29, 1.82) is 0 Å². The summed E-state index contributed by atoms with van der Waals surface area (Å²) in [4.78, 5) is 16.2. The van der Waals surface area contributed by atoms with Gasteiger partial charge < -0.3 is 10.1 Å². The fourth-order valence-electron chi connectivity index (χ4n) is 2.82. The molecule has 0 unspecified atom stereocenters. The number of carbonyl (C=O) groups is 1. The lowest BCUT2D eigenvalue weighted by molar-refractivity contribution is 0.102. The lowest BCUT2D eigenvalue weighted by atomic mass is 10.1. The van der Waals surface area contributed by atoms with Gasteiger partial charge in [0.1, 0.15) is 12.4 Å². The SMILES string of the molecule is O=C(Nc1cccnc1)c1ccc(COc2ccc3ccccc3c2)cc1. The molecule has 27 heavy (non-hydrogen) atoms. The molecule has 132 valence electrons. The Kier molecular flexibility index (Phi) is 4.79. The van der Waals surface area contributed by atoms with Gasteiger partial charge in [-0.3, -0.25) is 9.78 Å². The van der Waals surface area contributed by atoms with E-state index < -0.39 is 0 Å². The largest absolute Gasteiger partial charge is 0.489 e. The maximum absolute atomic E-state index is 12.3. The molecule has 4 nitrogen and oxygen atoms in total. The van der Waals surface area contributed by atoms with Crippen LogP contribution in [-0.4, -0.2) is 10.9 Å². The zero-order valence-electron chi connectivity index (χ0n) is 14.6. The molecular weight excluding hydrogens is 336 g/mol. The van der Waals surface area contributed by atoms with Crippen molar-refractivity contribution < 1.29 is 9.53 Å². The summed E-state index contributed by atoms with van der Waals surface area (Å²) < 4.78 is 5.89. The van der Waals surface area contributed by atoms with Crippen LogP contribution >= 0.6 is 0 Å². The Morgan fingerprint density at radius 3 is 2.48 bits per heavy atom. The molecule has 0 atom stereocenters. The van der Waals surface area contributed by atoms with E-state index in [2.05, 4.69) is 28.5 Å². The second-order valence-electron chi connectivity index (χ2n) is 6.19. The van der Waals surface area contributed by atoms with Crippen LogP contribution in [0.4, 0.5) is 5.69 Å². The van der Waals surface area contributed by atoms with Crippen LogP contribution in [0.25, 0.3) is 10.8 Å². The van der Waals surface area contributed by atoms with Gasteiger partial charge in [0, 0.05) is 11.8 Å². The van der Waals surface area contributed by atoms with Crippen molar-refractivity contribution in [1.82, 2.24) is 4.98 Å². The minimum atomic E-state index is -0.162. The lowest BCUT2D eigenvalue weighted by Crippen LogP contribution is -2.12.